The summed E-state index contributed by atoms with van der Waals surface area (Å²) in [6, 6.07) is 5.51. The van der Waals surface area contributed by atoms with Crippen LogP contribution in [0.5, 0.6) is 0 Å². The molecule has 4 rings (SSSR count). The van der Waals surface area contributed by atoms with Crippen LogP contribution in [0.1, 0.15) is 45.2 Å². The molecule has 0 unspecified atom stereocenters. The summed E-state index contributed by atoms with van der Waals surface area (Å²) in [6.07, 6.45) is 1.61. The molecule has 1 amide bonds. The van der Waals surface area contributed by atoms with Crippen LogP contribution < -0.4 is 10.9 Å². The highest BCUT2D eigenvalue weighted by molar-refractivity contribution is 7.91. The van der Waals surface area contributed by atoms with Crippen LogP contribution in [0.3, 0.4) is 0 Å². The first-order valence-electron chi connectivity index (χ1n) is 13.2. The molecule has 9 nitrogen and oxygen atoms in total. The van der Waals surface area contributed by atoms with Gasteiger partial charge in [-0.2, -0.15) is 0 Å². The van der Waals surface area contributed by atoms with Crippen LogP contribution in [0.15, 0.2) is 40.3 Å². The Balaban J connectivity index is 1.53. The summed E-state index contributed by atoms with van der Waals surface area (Å²) >= 11 is 12.7. The lowest BCUT2D eigenvalue weighted by atomic mass is 10.1. The first kappa shape index (κ1) is 31.2. The number of halogens is 3. The standard InChI is InChI=1S/C28H33Cl2FN4O5S/c1-5-41(38,39)23-7-6-19(29)10-18(23)14-35-16-33-25-20(26(35)36)11-22(31)21(24(25)30)15-34-9-8-17(13-34)12-32-27(37)40-28(2,3)4/h6-7,10-11,16-17H,5,8-9,12-15H2,1-4H3,(H,32,37)/t17-/m1/s1. The maximum atomic E-state index is 15.3. The lowest BCUT2D eigenvalue weighted by Crippen LogP contribution is -2.36. The van der Waals surface area contributed by atoms with Gasteiger partial charge in [-0.25, -0.2) is 22.6 Å². The zero-order valence-corrected chi connectivity index (χ0v) is 25.7. The fourth-order valence-electron chi connectivity index (χ4n) is 4.83. The summed E-state index contributed by atoms with van der Waals surface area (Å²) in [5, 5.41) is 3.14. The first-order chi connectivity index (χ1) is 19.2. The number of carbonyl (C=O) groups excluding carboxylic acids is 1. The minimum absolute atomic E-state index is 0.0125. The number of likely N-dealkylation sites (tertiary alicyclic amines) is 1. The van der Waals surface area contributed by atoms with Crippen LogP contribution in [0.4, 0.5) is 9.18 Å². The Bertz CT molecular complexity index is 1640. The number of hydrogen-bond acceptors (Lipinski definition) is 7. The quantitative estimate of drug-likeness (QED) is 0.373. The number of fused-ring (bicyclic) bond motifs is 1. The number of nitrogens with zero attached hydrogens (tertiary/aromatic N) is 3. The molecule has 2 heterocycles. The van der Waals surface area contributed by atoms with Crippen molar-refractivity contribution < 1.29 is 22.3 Å². The molecule has 0 bridgehead atoms. The molecule has 0 radical (unpaired) electrons. The number of benzene rings is 2. The molecule has 2 aromatic carbocycles. The lowest BCUT2D eigenvalue weighted by Gasteiger charge is -2.21. The third kappa shape index (κ3) is 7.38. The Labute approximate surface area is 248 Å². The summed E-state index contributed by atoms with van der Waals surface area (Å²) in [5.41, 5.74) is -0.413. The molecule has 3 aromatic rings. The van der Waals surface area contributed by atoms with Crippen molar-refractivity contribution in [2.75, 3.05) is 25.4 Å². The van der Waals surface area contributed by atoms with Crippen LogP contribution in [0.25, 0.3) is 10.9 Å². The minimum atomic E-state index is -3.58. The van der Waals surface area contributed by atoms with Gasteiger partial charge in [0.2, 0.25) is 0 Å². The molecule has 1 fully saturated rings. The van der Waals surface area contributed by atoms with Crippen molar-refractivity contribution >= 4 is 50.0 Å². The molecule has 0 aliphatic carbocycles. The van der Waals surface area contributed by atoms with Gasteiger partial charge in [0.1, 0.15) is 11.4 Å². The van der Waals surface area contributed by atoms with E-state index in [2.05, 4.69) is 10.3 Å². The predicted molar refractivity (Wildman–Crippen MR) is 157 cm³/mol. The Morgan fingerprint density at radius 1 is 1.22 bits per heavy atom. The van der Waals surface area contributed by atoms with Crippen molar-refractivity contribution in [3.63, 3.8) is 0 Å². The van der Waals surface area contributed by atoms with Gasteiger partial charge < -0.3 is 10.1 Å². The Kier molecular flexibility index (Phi) is 9.32. The first-order valence-corrected chi connectivity index (χ1v) is 15.7. The molecule has 13 heteroatoms. The molecule has 1 atom stereocenters. The summed E-state index contributed by atoms with van der Waals surface area (Å²) in [5.74, 6) is -0.580. The molecule has 1 aliphatic rings. The highest BCUT2D eigenvalue weighted by Gasteiger charge is 2.27. The van der Waals surface area contributed by atoms with E-state index in [1.165, 1.54) is 36.0 Å². The van der Waals surface area contributed by atoms with E-state index in [-0.39, 0.29) is 51.1 Å². The average molecular weight is 628 g/mol. The number of sulfone groups is 1. The fourth-order valence-corrected chi connectivity index (χ4v) is 6.44. The van der Waals surface area contributed by atoms with Gasteiger partial charge in [-0.1, -0.05) is 30.1 Å². The number of alkyl carbamates (subject to hydrolysis) is 1. The van der Waals surface area contributed by atoms with Gasteiger partial charge >= 0.3 is 6.09 Å². The van der Waals surface area contributed by atoms with Crippen LogP contribution in [-0.4, -0.2) is 60.0 Å². The van der Waals surface area contributed by atoms with E-state index in [1.807, 2.05) is 4.90 Å². The van der Waals surface area contributed by atoms with Crippen molar-refractivity contribution in [1.82, 2.24) is 19.8 Å². The predicted octanol–water partition coefficient (Wildman–Crippen LogP) is 5.03. The van der Waals surface area contributed by atoms with Crippen LogP contribution in [0.2, 0.25) is 10.0 Å². The zero-order valence-electron chi connectivity index (χ0n) is 23.3. The highest BCUT2D eigenvalue weighted by Crippen LogP contribution is 2.30. The molecule has 222 valence electrons. The monoisotopic (exact) mass is 626 g/mol. The minimum Gasteiger partial charge on any atom is -0.444 e. The molecule has 1 N–H and O–H groups in total. The van der Waals surface area contributed by atoms with E-state index in [0.29, 0.717) is 30.2 Å². The number of nitrogens with one attached hydrogen (secondary N) is 1. The topological polar surface area (TPSA) is 111 Å². The number of rotatable bonds is 8. The molecule has 41 heavy (non-hydrogen) atoms. The van der Waals surface area contributed by atoms with Gasteiger partial charge in [-0.15, -0.1) is 0 Å². The average Bonchev–Trinajstić information content (AvgIpc) is 3.34. The molecule has 0 spiro atoms. The number of hydrogen-bond donors (Lipinski definition) is 1. The second-order valence-corrected chi connectivity index (χ2v) is 14.2. The van der Waals surface area contributed by atoms with E-state index < -0.39 is 32.9 Å². The van der Waals surface area contributed by atoms with Crippen LogP contribution in [-0.2, 0) is 27.7 Å². The Morgan fingerprint density at radius 3 is 2.63 bits per heavy atom. The number of carbonyl (C=O) groups is 1. The van der Waals surface area contributed by atoms with Gasteiger partial charge in [0.05, 0.1) is 39.4 Å². The molecular formula is C28H33Cl2FN4O5S. The van der Waals surface area contributed by atoms with E-state index in [0.717, 1.165) is 12.5 Å². The normalized spacial score (nSPS) is 16.3. The highest BCUT2D eigenvalue weighted by atomic mass is 35.5. The van der Waals surface area contributed by atoms with E-state index in [1.54, 1.807) is 20.8 Å². The van der Waals surface area contributed by atoms with Crippen molar-refractivity contribution in [3.05, 3.63) is 67.9 Å². The Hall–Kier alpha value is -2.73. The van der Waals surface area contributed by atoms with Gasteiger partial charge in [0.25, 0.3) is 5.56 Å². The van der Waals surface area contributed by atoms with Crippen LogP contribution >= 0.6 is 23.2 Å². The fraction of sp³-hybridized carbons (Fsp3) is 0.464. The zero-order chi connectivity index (χ0) is 30.1. The second-order valence-electron chi connectivity index (χ2n) is 11.2. The molecule has 1 saturated heterocycles. The van der Waals surface area contributed by atoms with Gasteiger partial charge in [0.15, 0.2) is 9.84 Å². The number of amides is 1. The van der Waals surface area contributed by atoms with Crippen molar-refractivity contribution in [1.29, 1.82) is 0 Å². The largest absolute Gasteiger partial charge is 0.444 e. The molecule has 1 aromatic heterocycles. The van der Waals surface area contributed by atoms with Crippen molar-refractivity contribution in [2.24, 2.45) is 5.92 Å². The van der Waals surface area contributed by atoms with Crippen LogP contribution in [0, 0.1) is 11.7 Å². The van der Waals surface area contributed by atoms with Gasteiger partial charge in [0, 0.05) is 30.2 Å². The molecular weight excluding hydrogens is 594 g/mol. The summed E-state index contributed by atoms with van der Waals surface area (Å²) in [6.45, 7) is 8.77. The number of aromatic nitrogens is 2. The summed E-state index contributed by atoms with van der Waals surface area (Å²) in [7, 11) is -3.58. The second kappa shape index (κ2) is 12.2. The third-order valence-corrected chi connectivity index (χ3v) is 9.34. The Morgan fingerprint density at radius 2 is 1.95 bits per heavy atom. The molecule has 1 aliphatic heterocycles. The number of ether oxygens (including phenoxy) is 1. The van der Waals surface area contributed by atoms with E-state index >= 15 is 4.39 Å². The third-order valence-electron chi connectivity index (χ3n) is 6.87. The molecule has 0 saturated carbocycles. The van der Waals surface area contributed by atoms with E-state index in [9.17, 15) is 18.0 Å². The smallest absolute Gasteiger partial charge is 0.407 e. The maximum absolute atomic E-state index is 15.3. The summed E-state index contributed by atoms with van der Waals surface area (Å²) in [4.78, 5) is 31.7. The SMILES string of the molecule is CCS(=O)(=O)c1ccc(Cl)cc1Cn1cnc2c(Cl)c(CN3CC[C@H](CNC(=O)OC(C)(C)C)C3)c(F)cc2c1=O. The van der Waals surface area contributed by atoms with Gasteiger partial charge in [-0.3, -0.25) is 14.3 Å². The lowest BCUT2D eigenvalue weighted by molar-refractivity contribution is 0.0519. The maximum Gasteiger partial charge on any atom is 0.407 e. The van der Waals surface area contributed by atoms with Crippen molar-refractivity contribution in [3.8, 4) is 0 Å². The summed E-state index contributed by atoms with van der Waals surface area (Å²) < 4.78 is 47.0. The van der Waals surface area contributed by atoms with E-state index in [4.69, 9.17) is 27.9 Å². The van der Waals surface area contributed by atoms with Crippen molar-refractivity contribution in [2.45, 2.75) is 57.7 Å². The van der Waals surface area contributed by atoms with Gasteiger partial charge in [-0.05, 0) is 69.5 Å².